The van der Waals surface area contributed by atoms with Gasteiger partial charge in [-0.15, -0.1) is 0 Å². The number of benzene rings is 3. The van der Waals surface area contributed by atoms with Crippen LogP contribution >= 0.6 is 0 Å². The molecule has 0 radical (unpaired) electrons. The zero-order valence-electron chi connectivity index (χ0n) is 16.9. The van der Waals surface area contributed by atoms with E-state index in [1.165, 1.54) is 12.1 Å². The molecule has 1 amide bonds. The van der Waals surface area contributed by atoms with Gasteiger partial charge in [0.2, 0.25) is 15.9 Å². The summed E-state index contributed by atoms with van der Waals surface area (Å²) < 4.78 is 45.1. The Bertz CT molecular complexity index is 1100. The summed E-state index contributed by atoms with van der Waals surface area (Å²) in [5, 5.41) is 2.96. The van der Waals surface area contributed by atoms with Gasteiger partial charge in [0.05, 0.1) is 18.0 Å². The zero-order chi connectivity index (χ0) is 22.3. The van der Waals surface area contributed by atoms with E-state index in [0.717, 1.165) is 23.3 Å². The van der Waals surface area contributed by atoms with Crippen LogP contribution in [0.4, 0.5) is 4.39 Å². The Morgan fingerprint density at radius 1 is 0.935 bits per heavy atom. The fraction of sp³-hybridized carbons (Fsp3) is 0.174. The molecule has 0 spiro atoms. The molecule has 8 heteroatoms. The number of hydrogen-bond acceptors (Lipinski definition) is 4. The smallest absolute Gasteiger partial charge is 0.240 e. The summed E-state index contributed by atoms with van der Waals surface area (Å²) in [5.74, 6) is -0.132. The minimum Gasteiger partial charge on any atom is -0.497 e. The summed E-state index contributed by atoms with van der Waals surface area (Å²) >= 11 is 0. The first-order chi connectivity index (χ1) is 14.9. The second-order valence-corrected chi connectivity index (χ2v) is 8.55. The third-order valence-electron chi connectivity index (χ3n) is 4.66. The lowest BCUT2D eigenvalue weighted by molar-refractivity contribution is -0.121. The van der Waals surface area contributed by atoms with E-state index in [0.29, 0.717) is 5.75 Å². The first kappa shape index (κ1) is 22.5. The molecule has 2 N–H and O–H groups in total. The lowest BCUT2D eigenvalue weighted by atomic mass is 9.98. The topological polar surface area (TPSA) is 84.5 Å². The van der Waals surface area contributed by atoms with Crippen LogP contribution in [0.2, 0.25) is 0 Å². The van der Waals surface area contributed by atoms with Crippen LogP contribution in [0.15, 0.2) is 83.8 Å². The Kier molecular flexibility index (Phi) is 7.38. The minimum absolute atomic E-state index is 0.0556. The molecular weight excluding hydrogens is 419 g/mol. The molecule has 1 unspecified atom stereocenters. The molecule has 0 saturated heterocycles. The first-order valence-electron chi connectivity index (χ1n) is 9.62. The van der Waals surface area contributed by atoms with Crippen LogP contribution in [-0.2, 0) is 14.8 Å². The van der Waals surface area contributed by atoms with Crippen molar-refractivity contribution in [3.8, 4) is 5.75 Å². The highest BCUT2D eigenvalue weighted by Gasteiger charge is 2.18. The van der Waals surface area contributed by atoms with Gasteiger partial charge in [0.15, 0.2) is 0 Å². The monoisotopic (exact) mass is 442 g/mol. The Labute approximate surface area is 181 Å². The molecule has 31 heavy (non-hydrogen) atoms. The van der Waals surface area contributed by atoms with Crippen molar-refractivity contribution in [3.63, 3.8) is 0 Å². The molecule has 3 rings (SSSR count). The van der Waals surface area contributed by atoms with Gasteiger partial charge in [-0.3, -0.25) is 4.79 Å². The SMILES string of the molecule is COc1ccc(C(NC(=O)CCNS(=O)(=O)c2ccc(F)cc2)c2ccccc2)cc1. The van der Waals surface area contributed by atoms with Gasteiger partial charge in [-0.1, -0.05) is 42.5 Å². The van der Waals surface area contributed by atoms with Crippen molar-refractivity contribution in [1.82, 2.24) is 10.0 Å². The van der Waals surface area contributed by atoms with Crippen LogP contribution < -0.4 is 14.8 Å². The lowest BCUT2D eigenvalue weighted by Crippen LogP contribution is -2.33. The van der Waals surface area contributed by atoms with Crippen molar-refractivity contribution in [2.75, 3.05) is 13.7 Å². The standard InChI is InChI=1S/C23H23FN2O4S/c1-30-20-11-7-18(8-12-20)23(17-5-3-2-4-6-17)26-22(27)15-16-25-31(28,29)21-13-9-19(24)10-14-21/h2-14,23,25H,15-16H2,1H3,(H,26,27). The van der Waals surface area contributed by atoms with Gasteiger partial charge < -0.3 is 10.1 Å². The van der Waals surface area contributed by atoms with Gasteiger partial charge in [-0.2, -0.15) is 0 Å². The van der Waals surface area contributed by atoms with Crippen molar-refractivity contribution in [2.24, 2.45) is 0 Å². The maximum absolute atomic E-state index is 13.0. The molecule has 0 heterocycles. The molecule has 0 bridgehead atoms. The van der Waals surface area contributed by atoms with Crippen LogP contribution in [-0.4, -0.2) is 28.0 Å². The summed E-state index contributed by atoms with van der Waals surface area (Å²) in [4.78, 5) is 12.5. The molecule has 0 saturated carbocycles. The Balaban J connectivity index is 1.65. The van der Waals surface area contributed by atoms with Crippen LogP contribution in [0, 0.1) is 5.82 Å². The number of carbonyl (C=O) groups is 1. The molecule has 162 valence electrons. The second kappa shape index (κ2) is 10.2. The molecule has 0 aromatic heterocycles. The predicted molar refractivity (Wildman–Crippen MR) is 116 cm³/mol. The van der Waals surface area contributed by atoms with Gasteiger partial charge in [0.1, 0.15) is 11.6 Å². The highest BCUT2D eigenvalue weighted by atomic mass is 32.2. The van der Waals surface area contributed by atoms with Gasteiger partial charge >= 0.3 is 0 Å². The largest absolute Gasteiger partial charge is 0.497 e. The van der Waals surface area contributed by atoms with E-state index >= 15 is 0 Å². The number of ether oxygens (including phenoxy) is 1. The Hall–Kier alpha value is -3.23. The Morgan fingerprint density at radius 3 is 2.16 bits per heavy atom. The van der Waals surface area contributed by atoms with Crippen molar-refractivity contribution in [1.29, 1.82) is 0 Å². The second-order valence-electron chi connectivity index (χ2n) is 6.79. The summed E-state index contributed by atoms with van der Waals surface area (Å²) in [6, 6.07) is 20.9. The van der Waals surface area contributed by atoms with E-state index in [9.17, 15) is 17.6 Å². The molecular formula is C23H23FN2O4S. The third kappa shape index (κ3) is 6.13. The maximum atomic E-state index is 13.0. The molecule has 0 aliphatic heterocycles. The predicted octanol–water partition coefficient (Wildman–Crippen LogP) is 3.41. The molecule has 1 atom stereocenters. The van der Waals surface area contributed by atoms with E-state index in [4.69, 9.17) is 4.74 Å². The van der Waals surface area contributed by atoms with Crippen molar-refractivity contribution in [2.45, 2.75) is 17.4 Å². The molecule has 0 aliphatic rings. The fourth-order valence-electron chi connectivity index (χ4n) is 3.03. The molecule has 3 aromatic carbocycles. The van der Waals surface area contributed by atoms with Gasteiger partial charge in [-0.25, -0.2) is 17.5 Å². The van der Waals surface area contributed by atoms with Crippen LogP contribution in [0.3, 0.4) is 0 Å². The van der Waals surface area contributed by atoms with Crippen molar-refractivity contribution >= 4 is 15.9 Å². The quantitative estimate of drug-likeness (QED) is 0.532. The van der Waals surface area contributed by atoms with E-state index in [-0.39, 0.29) is 23.8 Å². The van der Waals surface area contributed by atoms with E-state index in [1.54, 1.807) is 7.11 Å². The molecule has 3 aromatic rings. The summed E-state index contributed by atoms with van der Waals surface area (Å²) in [6.07, 6.45) is -0.0556. The number of hydrogen-bond donors (Lipinski definition) is 2. The first-order valence-corrected chi connectivity index (χ1v) is 11.1. The number of nitrogens with one attached hydrogen (secondary N) is 2. The fourth-order valence-corrected chi connectivity index (χ4v) is 4.06. The van der Waals surface area contributed by atoms with E-state index in [1.807, 2.05) is 54.6 Å². The third-order valence-corrected chi connectivity index (χ3v) is 6.13. The van der Waals surface area contributed by atoms with Crippen molar-refractivity contribution in [3.05, 3.63) is 95.8 Å². The number of carbonyl (C=O) groups excluding carboxylic acids is 1. The number of sulfonamides is 1. The summed E-state index contributed by atoms with van der Waals surface area (Å²) in [7, 11) is -2.24. The highest BCUT2D eigenvalue weighted by molar-refractivity contribution is 7.89. The maximum Gasteiger partial charge on any atom is 0.240 e. The van der Waals surface area contributed by atoms with Crippen LogP contribution in [0.5, 0.6) is 5.75 Å². The van der Waals surface area contributed by atoms with E-state index in [2.05, 4.69) is 10.0 Å². The average Bonchev–Trinajstić information content (AvgIpc) is 2.78. The highest BCUT2D eigenvalue weighted by Crippen LogP contribution is 2.24. The average molecular weight is 443 g/mol. The Morgan fingerprint density at radius 2 is 1.55 bits per heavy atom. The summed E-state index contributed by atoms with van der Waals surface area (Å²) in [5.41, 5.74) is 1.76. The zero-order valence-corrected chi connectivity index (χ0v) is 17.7. The molecule has 0 fully saturated rings. The minimum atomic E-state index is -3.82. The van der Waals surface area contributed by atoms with Crippen LogP contribution in [0.1, 0.15) is 23.6 Å². The van der Waals surface area contributed by atoms with Crippen molar-refractivity contribution < 1.29 is 22.3 Å². The lowest BCUT2D eigenvalue weighted by Gasteiger charge is -2.20. The number of halogens is 1. The number of amides is 1. The van der Waals surface area contributed by atoms with Gasteiger partial charge in [-0.05, 0) is 47.5 Å². The van der Waals surface area contributed by atoms with Gasteiger partial charge in [0.25, 0.3) is 0 Å². The molecule has 0 aliphatic carbocycles. The number of methoxy groups -OCH3 is 1. The summed E-state index contributed by atoms with van der Waals surface area (Å²) in [6.45, 7) is -0.0876. The number of rotatable bonds is 9. The normalized spacial score (nSPS) is 12.2. The van der Waals surface area contributed by atoms with E-state index < -0.39 is 21.9 Å². The molecule has 6 nitrogen and oxygen atoms in total. The van der Waals surface area contributed by atoms with Crippen LogP contribution in [0.25, 0.3) is 0 Å². The van der Waals surface area contributed by atoms with Gasteiger partial charge in [0, 0.05) is 13.0 Å².